The Labute approximate surface area is 99.0 Å². The average molecular weight is 270 g/mol. The van der Waals surface area contributed by atoms with Crippen LogP contribution < -0.4 is 5.73 Å². The first-order chi connectivity index (χ1) is 7.19. The predicted molar refractivity (Wildman–Crippen MR) is 65.9 cm³/mol. The highest BCUT2D eigenvalue weighted by Gasteiger charge is 2.17. The van der Waals surface area contributed by atoms with Gasteiger partial charge in [0, 0.05) is 16.8 Å². The molecule has 0 amide bonds. The fourth-order valence-electron chi connectivity index (χ4n) is 1.62. The molecule has 0 spiro atoms. The van der Waals surface area contributed by atoms with Gasteiger partial charge in [0.1, 0.15) is 5.78 Å². The number of benzene rings is 1. The Bertz CT molecular complexity index is 321. The molecule has 1 aromatic rings. The molecule has 82 valence electrons. The summed E-state index contributed by atoms with van der Waals surface area (Å²) in [6, 6.07) is 7.89. The first kappa shape index (κ1) is 12.4. The maximum Gasteiger partial charge on any atom is 0.140 e. The van der Waals surface area contributed by atoms with Crippen LogP contribution in [0.5, 0.6) is 0 Å². The minimum absolute atomic E-state index is 0.0342. The second-order valence-electron chi connectivity index (χ2n) is 3.50. The predicted octanol–water partition coefficient (Wildman–Crippen LogP) is 2.86. The van der Waals surface area contributed by atoms with Gasteiger partial charge in [0.15, 0.2) is 0 Å². The Morgan fingerprint density at radius 3 is 2.47 bits per heavy atom. The van der Waals surface area contributed by atoms with E-state index in [0.717, 1.165) is 16.5 Å². The summed E-state index contributed by atoms with van der Waals surface area (Å²) >= 11 is 3.38. The SMILES string of the molecule is CCC(=O)C(CCN)c1ccc(Br)cc1. The molecule has 1 atom stereocenters. The van der Waals surface area contributed by atoms with Gasteiger partial charge in [-0.25, -0.2) is 0 Å². The Hall–Kier alpha value is -0.670. The van der Waals surface area contributed by atoms with Gasteiger partial charge in [-0.1, -0.05) is 35.0 Å². The van der Waals surface area contributed by atoms with E-state index >= 15 is 0 Å². The van der Waals surface area contributed by atoms with Crippen molar-refractivity contribution in [3.8, 4) is 0 Å². The van der Waals surface area contributed by atoms with E-state index < -0.39 is 0 Å². The maximum atomic E-state index is 11.7. The van der Waals surface area contributed by atoms with Crippen LogP contribution >= 0.6 is 15.9 Å². The van der Waals surface area contributed by atoms with Crippen molar-refractivity contribution in [2.45, 2.75) is 25.7 Å². The molecule has 0 radical (unpaired) electrons. The zero-order valence-corrected chi connectivity index (χ0v) is 10.5. The van der Waals surface area contributed by atoms with Crippen LogP contribution in [0.15, 0.2) is 28.7 Å². The Kier molecular flexibility index (Phi) is 4.99. The summed E-state index contributed by atoms with van der Waals surface area (Å²) in [5.41, 5.74) is 6.59. The Morgan fingerprint density at radius 1 is 1.40 bits per heavy atom. The number of ketones is 1. The zero-order valence-electron chi connectivity index (χ0n) is 8.87. The van der Waals surface area contributed by atoms with Crippen molar-refractivity contribution in [2.75, 3.05) is 6.54 Å². The van der Waals surface area contributed by atoms with Crippen LogP contribution in [0.2, 0.25) is 0 Å². The van der Waals surface area contributed by atoms with Crippen LogP contribution in [-0.2, 0) is 4.79 Å². The van der Waals surface area contributed by atoms with Gasteiger partial charge >= 0.3 is 0 Å². The summed E-state index contributed by atoms with van der Waals surface area (Å²) in [7, 11) is 0. The van der Waals surface area contributed by atoms with E-state index in [1.165, 1.54) is 0 Å². The van der Waals surface area contributed by atoms with Gasteiger partial charge in [0.2, 0.25) is 0 Å². The number of rotatable bonds is 5. The average Bonchev–Trinajstić information content (AvgIpc) is 2.26. The van der Waals surface area contributed by atoms with Gasteiger partial charge < -0.3 is 5.73 Å². The van der Waals surface area contributed by atoms with Gasteiger partial charge in [0.25, 0.3) is 0 Å². The lowest BCUT2D eigenvalue weighted by molar-refractivity contribution is -0.120. The van der Waals surface area contributed by atoms with Crippen molar-refractivity contribution < 1.29 is 4.79 Å². The lowest BCUT2D eigenvalue weighted by Crippen LogP contribution is -2.15. The van der Waals surface area contributed by atoms with Crippen LogP contribution in [0.4, 0.5) is 0 Å². The molecule has 0 saturated carbocycles. The molecule has 0 fully saturated rings. The van der Waals surface area contributed by atoms with E-state index in [0.29, 0.717) is 13.0 Å². The Balaban J connectivity index is 2.88. The molecule has 1 rings (SSSR count). The molecule has 2 N–H and O–H groups in total. The summed E-state index contributed by atoms with van der Waals surface area (Å²) < 4.78 is 1.03. The van der Waals surface area contributed by atoms with E-state index in [9.17, 15) is 4.79 Å². The minimum Gasteiger partial charge on any atom is -0.330 e. The molecule has 0 heterocycles. The normalized spacial score (nSPS) is 12.5. The van der Waals surface area contributed by atoms with Crippen LogP contribution in [0.3, 0.4) is 0 Å². The summed E-state index contributed by atoms with van der Waals surface area (Å²) in [6.07, 6.45) is 1.30. The first-order valence-corrected chi connectivity index (χ1v) is 5.96. The summed E-state index contributed by atoms with van der Waals surface area (Å²) in [5, 5.41) is 0. The topological polar surface area (TPSA) is 43.1 Å². The van der Waals surface area contributed by atoms with Crippen LogP contribution in [0.1, 0.15) is 31.2 Å². The molecular formula is C12H16BrNO. The van der Waals surface area contributed by atoms with Crippen LogP contribution in [0, 0.1) is 0 Å². The lowest BCUT2D eigenvalue weighted by atomic mass is 9.90. The number of Topliss-reactive ketones (excluding diaryl/α,β-unsaturated/α-hetero) is 1. The highest BCUT2D eigenvalue weighted by Crippen LogP contribution is 2.23. The fraction of sp³-hybridized carbons (Fsp3) is 0.417. The van der Waals surface area contributed by atoms with Crippen molar-refractivity contribution in [3.63, 3.8) is 0 Å². The maximum absolute atomic E-state index is 11.7. The molecule has 0 aliphatic heterocycles. The molecule has 0 aliphatic rings. The molecule has 0 saturated heterocycles. The number of carbonyl (C=O) groups is 1. The molecule has 0 aromatic heterocycles. The summed E-state index contributed by atoms with van der Waals surface area (Å²) in [6.45, 7) is 2.44. The summed E-state index contributed by atoms with van der Waals surface area (Å²) in [4.78, 5) is 11.7. The first-order valence-electron chi connectivity index (χ1n) is 5.17. The summed E-state index contributed by atoms with van der Waals surface area (Å²) in [5.74, 6) is 0.232. The smallest absolute Gasteiger partial charge is 0.140 e. The number of hydrogen-bond donors (Lipinski definition) is 1. The largest absolute Gasteiger partial charge is 0.330 e. The van der Waals surface area contributed by atoms with Crippen molar-refractivity contribution in [3.05, 3.63) is 34.3 Å². The lowest BCUT2D eigenvalue weighted by Gasteiger charge is -2.14. The molecule has 0 bridgehead atoms. The second kappa shape index (κ2) is 6.03. The quantitative estimate of drug-likeness (QED) is 0.894. The third-order valence-corrected chi connectivity index (χ3v) is 2.99. The van der Waals surface area contributed by atoms with E-state index in [1.807, 2.05) is 31.2 Å². The molecular weight excluding hydrogens is 254 g/mol. The minimum atomic E-state index is -0.0342. The molecule has 1 aromatic carbocycles. The molecule has 3 heteroatoms. The van der Waals surface area contributed by atoms with E-state index in [2.05, 4.69) is 15.9 Å². The third-order valence-electron chi connectivity index (χ3n) is 2.46. The van der Waals surface area contributed by atoms with Crippen molar-refractivity contribution in [2.24, 2.45) is 5.73 Å². The highest BCUT2D eigenvalue weighted by molar-refractivity contribution is 9.10. The van der Waals surface area contributed by atoms with Crippen LogP contribution in [0.25, 0.3) is 0 Å². The van der Waals surface area contributed by atoms with Crippen LogP contribution in [-0.4, -0.2) is 12.3 Å². The second-order valence-corrected chi connectivity index (χ2v) is 4.42. The van der Waals surface area contributed by atoms with Gasteiger partial charge in [0.05, 0.1) is 0 Å². The van der Waals surface area contributed by atoms with E-state index in [1.54, 1.807) is 0 Å². The number of nitrogens with two attached hydrogens (primary N) is 1. The van der Waals surface area contributed by atoms with E-state index in [-0.39, 0.29) is 11.7 Å². The number of halogens is 1. The number of carbonyl (C=O) groups excluding carboxylic acids is 1. The third kappa shape index (κ3) is 3.43. The number of hydrogen-bond acceptors (Lipinski definition) is 2. The molecule has 1 unspecified atom stereocenters. The van der Waals surface area contributed by atoms with Gasteiger partial charge in [-0.05, 0) is 30.7 Å². The van der Waals surface area contributed by atoms with Gasteiger partial charge in [-0.3, -0.25) is 4.79 Å². The molecule has 0 aliphatic carbocycles. The van der Waals surface area contributed by atoms with Crippen molar-refractivity contribution in [1.29, 1.82) is 0 Å². The van der Waals surface area contributed by atoms with E-state index in [4.69, 9.17) is 5.73 Å². The van der Waals surface area contributed by atoms with Crippen molar-refractivity contribution in [1.82, 2.24) is 0 Å². The monoisotopic (exact) mass is 269 g/mol. The highest BCUT2D eigenvalue weighted by atomic mass is 79.9. The Morgan fingerprint density at radius 2 is 2.00 bits per heavy atom. The molecule has 15 heavy (non-hydrogen) atoms. The fourth-order valence-corrected chi connectivity index (χ4v) is 1.89. The standard InChI is InChI=1S/C12H16BrNO/c1-2-12(15)11(7-8-14)9-3-5-10(13)6-4-9/h3-6,11H,2,7-8,14H2,1H3. The zero-order chi connectivity index (χ0) is 11.3. The van der Waals surface area contributed by atoms with Gasteiger partial charge in [-0.15, -0.1) is 0 Å². The van der Waals surface area contributed by atoms with Crippen molar-refractivity contribution >= 4 is 21.7 Å². The van der Waals surface area contributed by atoms with Gasteiger partial charge in [-0.2, -0.15) is 0 Å². The molecule has 2 nitrogen and oxygen atoms in total.